The van der Waals surface area contributed by atoms with Crippen LogP contribution in [-0.2, 0) is 24.7 Å². The van der Waals surface area contributed by atoms with Gasteiger partial charge in [-0.2, -0.15) is 13.2 Å². The zero-order chi connectivity index (χ0) is 25.6. The van der Waals surface area contributed by atoms with Gasteiger partial charge in [-0.25, -0.2) is 0 Å². The van der Waals surface area contributed by atoms with Crippen molar-refractivity contribution in [1.29, 1.82) is 0 Å². The molecular formula is C30H30F3NO2. The van der Waals surface area contributed by atoms with Crippen LogP contribution in [0.5, 0.6) is 0 Å². The molecule has 0 saturated heterocycles. The van der Waals surface area contributed by atoms with E-state index >= 15 is 0 Å². The third-order valence-corrected chi connectivity index (χ3v) is 8.43. The lowest BCUT2D eigenvalue weighted by molar-refractivity contribution is -0.279. The number of hydrogen-bond donors (Lipinski definition) is 1. The third kappa shape index (κ3) is 4.36. The molecule has 2 aliphatic carbocycles. The highest BCUT2D eigenvalue weighted by molar-refractivity contribution is 5.98. The minimum atomic E-state index is -4.65. The molecule has 3 nitrogen and oxygen atoms in total. The van der Waals surface area contributed by atoms with E-state index in [9.17, 15) is 23.1 Å². The number of halogens is 3. The predicted molar refractivity (Wildman–Crippen MR) is 132 cm³/mol. The van der Waals surface area contributed by atoms with Crippen LogP contribution in [0.25, 0.3) is 0 Å². The number of pyridine rings is 1. The summed E-state index contributed by atoms with van der Waals surface area (Å²) in [5.74, 6) is -0.298. The van der Waals surface area contributed by atoms with E-state index < -0.39 is 17.2 Å². The number of ketones is 1. The first-order valence-electron chi connectivity index (χ1n) is 12.5. The van der Waals surface area contributed by atoms with Gasteiger partial charge in [-0.1, -0.05) is 48.5 Å². The Labute approximate surface area is 209 Å². The van der Waals surface area contributed by atoms with E-state index in [0.717, 1.165) is 27.9 Å². The van der Waals surface area contributed by atoms with Gasteiger partial charge < -0.3 is 5.11 Å². The first-order valence-corrected chi connectivity index (χ1v) is 12.5. The molecule has 5 rings (SSSR count). The summed E-state index contributed by atoms with van der Waals surface area (Å²) in [6, 6.07) is 19.3. The largest absolute Gasteiger partial charge is 0.417 e. The predicted octanol–water partition coefficient (Wildman–Crippen LogP) is 6.34. The quantitative estimate of drug-likeness (QED) is 0.422. The van der Waals surface area contributed by atoms with Gasteiger partial charge in [0.05, 0.1) is 0 Å². The minimum Gasteiger partial charge on any atom is -0.380 e. The maximum absolute atomic E-state index is 13.8. The summed E-state index contributed by atoms with van der Waals surface area (Å²) in [5.41, 5.74) is 2.32. The Morgan fingerprint density at radius 2 is 1.86 bits per heavy atom. The maximum atomic E-state index is 13.8. The Hall–Kier alpha value is -2.99. The number of aryl methyl sites for hydroxylation is 2. The fraction of sp³-hybridized carbons (Fsp3) is 0.400. The van der Waals surface area contributed by atoms with Crippen LogP contribution >= 0.6 is 0 Å². The van der Waals surface area contributed by atoms with Crippen LogP contribution in [0.3, 0.4) is 0 Å². The van der Waals surface area contributed by atoms with Crippen LogP contribution in [0, 0.1) is 12.8 Å². The van der Waals surface area contributed by atoms with Gasteiger partial charge in [0.1, 0.15) is 0 Å². The summed E-state index contributed by atoms with van der Waals surface area (Å²) in [7, 11) is 0. The molecule has 1 fully saturated rings. The van der Waals surface area contributed by atoms with Crippen LogP contribution < -0.4 is 0 Å². The molecule has 0 bridgehead atoms. The average molecular weight is 494 g/mol. The molecule has 1 heterocycles. The summed E-state index contributed by atoms with van der Waals surface area (Å²) in [4.78, 5) is 17.4. The number of carbonyl (C=O) groups is 1. The van der Waals surface area contributed by atoms with Crippen LogP contribution in [0.1, 0.15) is 64.0 Å². The van der Waals surface area contributed by atoms with Gasteiger partial charge in [0.15, 0.2) is 11.4 Å². The Kier molecular flexibility index (Phi) is 6.27. The van der Waals surface area contributed by atoms with Crippen molar-refractivity contribution in [3.8, 4) is 0 Å². The number of benzene rings is 2. The summed E-state index contributed by atoms with van der Waals surface area (Å²) in [5, 5.41) is 10.6. The van der Waals surface area contributed by atoms with Gasteiger partial charge in [0.2, 0.25) is 0 Å². The van der Waals surface area contributed by atoms with E-state index in [1.807, 2.05) is 67.6 Å². The first-order chi connectivity index (χ1) is 17.1. The molecule has 36 heavy (non-hydrogen) atoms. The van der Waals surface area contributed by atoms with Crippen molar-refractivity contribution < 1.29 is 23.1 Å². The average Bonchev–Trinajstić information content (AvgIpc) is 2.85. The standard InChI is InChI=1S/C30H30F3NO2/c1-20-22(8-5-15-34-20)17-27(35)24-10-12-26-23(16-24)9-11-25-19-29(36,30(31,32)33)14-13-28(25,26)18-21-6-3-2-4-7-21/h2-8,10,12,15-16,25,36H,9,11,13-14,17-19H2,1H3/t25-,28-,29+/m1/s1. The minimum absolute atomic E-state index is 0.00298. The molecular weight excluding hydrogens is 463 g/mol. The SMILES string of the molecule is Cc1ncccc1CC(=O)c1ccc2c(c1)CC[C@@H]1C[C@](O)(C(F)(F)F)CC[C@]21Cc1ccccc1. The van der Waals surface area contributed by atoms with E-state index in [1.54, 1.807) is 6.20 Å². The zero-order valence-corrected chi connectivity index (χ0v) is 20.3. The number of carbonyl (C=O) groups excluding carboxylic acids is 1. The summed E-state index contributed by atoms with van der Waals surface area (Å²) in [6.45, 7) is 1.88. The van der Waals surface area contributed by atoms with E-state index in [4.69, 9.17) is 0 Å². The number of aliphatic hydroxyl groups is 1. The molecule has 2 aliphatic rings. The molecule has 1 aromatic heterocycles. The lowest BCUT2D eigenvalue weighted by Crippen LogP contribution is -2.56. The number of Topliss-reactive ketones (excluding diaryl/α,β-unsaturated/α-hetero) is 1. The lowest BCUT2D eigenvalue weighted by atomic mass is 9.52. The maximum Gasteiger partial charge on any atom is 0.417 e. The highest BCUT2D eigenvalue weighted by Gasteiger charge is 2.61. The Morgan fingerprint density at radius 3 is 2.58 bits per heavy atom. The van der Waals surface area contributed by atoms with Gasteiger partial charge in [-0.15, -0.1) is 0 Å². The van der Waals surface area contributed by atoms with E-state index in [2.05, 4.69) is 4.98 Å². The molecule has 0 aliphatic heterocycles. The molecule has 1 N–H and O–H groups in total. The van der Waals surface area contributed by atoms with Gasteiger partial charge in [-0.3, -0.25) is 9.78 Å². The van der Waals surface area contributed by atoms with Crippen molar-refractivity contribution in [1.82, 2.24) is 4.98 Å². The smallest absolute Gasteiger partial charge is 0.380 e. The second kappa shape index (κ2) is 9.15. The number of fused-ring (bicyclic) bond motifs is 3. The number of hydrogen-bond acceptors (Lipinski definition) is 3. The fourth-order valence-corrected chi connectivity index (χ4v) is 6.39. The number of alkyl halides is 3. The number of nitrogens with zero attached hydrogens (tertiary/aromatic N) is 1. The Bertz CT molecular complexity index is 1270. The monoisotopic (exact) mass is 493 g/mol. The van der Waals surface area contributed by atoms with Crippen molar-refractivity contribution in [3.63, 3.8) is 0 Å². The first kappa shape index (κ1) is 24.7. The molecule has 1 saturated carbocycles. The van der Waals surface area contributed by atoms with Gasteiger partial charge in [0, 0.05) is 29.3 Å². The van der Waals surface area contributed by atoms with Crippen molar-refractivity contribution in [2.45, 2.75) is 69.1 Å². The van der Waals surface area contributed by atoms with Crippen LogP contribution in [0.4, 0.5) is 13.2 Å². The molecule has 0 amide bonds. The second-order valence-electron chi connectivity index (χ2n) is 10.5. The van der Waals surface area contributed by atoms with Gasteiger partial charge in [-0.05, 0) is 85.8 Å². The van der Waals surface area contributed by atoms with Crippen LogP contribution in [0.2, 0.25) is 0 Å². The number of aromatic nitrogens is 1. The second-order valence-corrected chi connectivity index (χ2v) is 10.5. The summed E-state index contributed by atoms with van der Waals surface area (Å²) < 4.78 is 41.4. The van der Waals surface area contributed by atoms with E-state index in [1.165, 1.54) is 0 Å². The molecule has 3 aromatic rings. The molecule has 3 atom stereocenters. The summed E-state index contributed by atoms with van der Waals surface area (Å²) >= 11 is 0. The normalized spacial score (nSPS) is 25.6. The fourth-order valence-electron chi connectivity index (χ4n) is 6.39. The van der Waals surface area contributed by atoms with Gasteiger partial charge >= 0.3 is 6.18 Å². The number of rotatable bonds is 5. The van der Waals surface area contributed by atoms with E-state index in [-0.39, 0.29) is 37.4 Å². The topological polar surface area (TPSA) is 50.2 Å². The van der Waals surface area contributed by atoms with Crippen LogP contribution in [0.15, 0.2) is 66.9 Å². The molecule has 0 spiro atoms. The highest BCUT2D eigenvalue weighted by Crippen LogP contribution is 2.57. The van der Waals surface area contributed by atoms with Crippen LogP contribution in [-0.4, -0.2) is 27.7 Å². The summed E-state index contributed by atoms with van der Waals surface area (Å²) in [6.07, 6.45) is -1.28. The van der Waals surface area contributed by atoms with Crippen molar-refractivity contribution in [3.05, 3.63) is 100 Å². The zero-order valence-electron chi connectivity index (χ0n) is 20.3. The van der Waals surface area contributed by atoms with Crippen molar-refractivity contribution in [2.75, 3.05) is 0 Å². The molecule has 0 unspecified atom stereocenters. The Balaban J connectivity index is 1.51. The van der Waals surface area contributed by atoms with Crippen molar-refractivity contribution in [2.24, 2.45) is 5.92 Å². The molecule has 0 radical (unpaired) electrons. The molecule has 6 heteroatoms. The van der Waals surface area contributed by atoms with E-state index in [0.29, 0.717) is 24.8 Å². The molecule has 188 valence electrons. The third-order valence-electron chi connectivity index (χ3n) is 8.43. The Morgan fingerprint density at radius 1 is 1.08 bits per heavy atom. The molecule has 2 aromatic carbocycles. The van der Waals surface area contributed by atoms with Crippen molar-refractivity contribution >= 4 is 5.78 Å². The van der Waals surface area contributed by atoms with Gasteiger partial charge in [0.25, 0.3) is 0 Å². The highest BCUT2D eigenvalue weighted by atomic mass is 19.4. The lowest BCUT2D eigenvalue weighted by Gasteiger charge is -2.53.